The zero-order valence-corrected chi connectivity index (χ0v) is 11.7. The molecule has 0 aromatic rings. The first kappa shape index (κ1) is 13.8. The van der Waals surface area contributed by atoms with Crippen LogP contribution in [0.25, 0.3) is 0 Å². The van der Waals surface area contributed by atoms with Gasteiger partial charge in [-0.3, -0.25) is 4.90 Å². The van der Waals surface area contributed by atoms with Crippen molar-refractivity contribution in [2.45, 2.75) is 50.0 Å². The number of aliphatic hydroxyl groups is 1. The highest BCUT2D eigenvalue weighted by Crippen LogP contribution is 2.36. The molecule has 3 aliphatic rings. The summed E-state index contributed by atoms with van der Waals surface area (Å²) >= 11 is 0. The van der Waals surface area contributed by atoms with Crippen molar-refractivity contribution in [2.24, 2.45) is 0 Å². The maximum absolute atomic E-state index is 9.30. The van der Waals surface area contributed by atoms with Crippen LogP contribution in [-0.4, -0.2) is 73.4 Å². The summed E-state index contributed by atoms with van der Waals surface area (Å²) in [5.41, 5.74) is -0.0460. The third-order valence-electron chi connectivity index (χ3n) is 4.76. The van der Waals surface area contributed by atoms with E-state index in [1.807, 2.05) is 0 Å². The minimum atomic E-state index is -0.0460. The van der Waals surface area contributed by atoms with Crippen LogP contribution in [0.15, 0.2) is 0 Å². The Bertz CT molecular complexity index is 306. The Hall–Kier alpha value is -0.200. The molecule has 3 fully saturated rings. The Kier molecular flexibility index (Phi) is 4.10. The van der Waals surface area contributed by atoms with Crippen molar-refractivity contribution in [3.63, 3.8) is 0 Å². The number of aliphatic hydroxyl groups excluding tert-OH is 1. The second-order valence-corrected chi connectivity index (χ2v) is 6.16. The Balaban J connectivity index is 1.66. The monoisotopic (exact) mass is 271 g/mol. The summed E-state index contributed by atoms with van der Waals surface area (Å²) in [5.74, 6) is 0. The molecule has 4 atom stereocenters. The average Bonchev–Trinajstić information content (AvgIpc) is 2.87. The largest absolute Gasteiger partial charge is 0.394 e. The van der Waals surface area contributed by atoms with Crippen molar-refractivity contribution in [1.29, 1.82) is 0 Å². The Labute approximate surface area is 114 Å². The van der Waals surface area contributed by atoms with Crippen molar-refractivity contribution in [2.75, 3.05) is 39.6 Å². The second-order valence-electron chi connectivity index (χ2n) is 6.16. The van der Waals surface area contributed by atoms with Crippen molar-refractivity contribution >= 4 is 0 Å². The summed E-state index contributed by atoms with van der Waals surface area (Å²) in [4.78, 5) is 2.51. The van der Waals surface area contributed by atoms with Gasteiger partial charge in [0, 0.05) is 38.3 Å². The van der Waals surface area contributed by atoms with Crippen LogP contribution in [0.3, 0.4) is 0 Å². The lowest BCUT2D eigenvalue weighted by atomic mass is 9.88. The van der Waals surface area contributed by atoms with E-state index in [9.17, 15) is 5.11 Å². The lowest BCUT2D eigenvalue weighted by molar-refractivity contribution is -0.141. The van der Waals surface area contributed by atoms with Crippen molar-refractivity contribution < 1.29 is 19.3 Å². The quantitative estimate of drug-likeness (QED) is 0.788. The van der Waals surface area contributed by atoms with E-state index in [2.05, 4.69) is 11.8 Å². The maximum Gasteiger partial charge on any atom is 0.0951 e. The minimum absolute atomic E-state index is 0.0326. The first-order chi connectivity index (χ1) is 9.22. The predicted octanol–water partition coefficient (Wildman–Crippen LogP) is 0.406. The molecule has 0 aromatic heterocycles. The summed E-state index contributed by atoms with van der Waals surface area (Å²) < 4.78 is 17.2. The van der Waals surface area contributed by atoms with Gasteiger partial charge in [0.1, 0.15) is 0 Å². The third-order valence-corrected chi connectivity index (χ3v) is 4.76. The van der Waals surface area contributed by atoms with Crippen LogP contribution < -0.4 is 0 Å². The molecule has 3 heterocycles. The van der Waals surface area contributed by atoms with Gasteiger partial charge in [-0.15, -0.1) is 0 Å². The van der Waals surface area contributed by atoms with Gasteiger partial charge in [-0.05, 0) is 19.8 Å². The molecular weight excluding hydrogens is 246 g/mol. The van der Waals surface area contributed by atoms with Crippen LogP contribution in [0.2, 0.25) is 0 Å². The molecule has 5 nitrogen and oxygen atoms in total. The molecule has 19 heavy (non-hydrogen) atoms. The summed E-state index contributed by atoms with van der Waals surface area (Å²) in [6.07, 6.45) is 3.11. The highest BCUT2D eigenvalue weighted by atomic mass is 16.6. The van der Waals surface area contributed by atoms with Crippen molar-refractivity contribution in [1.82, 2.24) is 4.90 Å². The fourth-order valence-electron chi connectivity index (χ4n) is 3.61. The summed E-state index contributed by atoms with van der Waals surface area (Å²) in [6.45, 7) is 6.26. The number of hydrogen-bond donors (Lipinski definition) is 1. The standard InChI is InChI=1S/C14H25NO4/c1-11-9-18-13(8-16)7-15(11)12-2-4-19-14(6-12)3-5-17-10-14/h11-13,16H,2-10H2,1H3. The van der Waals surface area contributed by atoms with Crippen LogP contribution in [0, 0.1) is 0 Å². The molecule has 0 aromatic carbocycles. The molecule has 0 bridgehead atoms. The Morgan fingerprint density at radius 1 is 1.37 bits per heavy atom. The van der Waals surface area contributed by atoms with E-state index in [4.69, 9.17) is 14.2 Å². The fraction of sp³-hybridized carbons (Fsp3) is 1.00. The molecule has 3 aliphatic heterocycles. The number of morpholine rings is 1. The number of rotatable bonds is 2. The van der Waals surface area contributed by atoms with E-state index >= 15 is 0 Å². The van der Waals surface area contributed by atoms with E-state index < -0.39 is 0 Å². The lowest BCUT2D eigenvalue weighted by Gasteiger charge is -2.47. The summed E-state index contributed by atoms with van der Waals surface area (Å²) in [5, 5.41) is 9.30. The molecule has 3 rings (SSSR count). The molecular formula is C14H25NO4. The molecule has 5 heteroatoms. The van der Waals surface area contributed by atoms with E-state index in [1.165, 1.54) is 0 Å². The van der Waals surface area contributed by atoms with Gasteiger partial charge in [0.2, 0.25) is 0 Å². The molecule has 0 aliphatic carbocycles. The van der Waals surface area contributed by atoms with Gasteiger partial charge < -0.3 is 19.3 Å². The van der Waals surface area contributed by atoms with Gasteiger partial charge in [-0.2, -0.15) is 0 Å². The van der Waals surface area contributed by atoms with Crippen molar-refractivity contribution in [3.8, 4) is 0 Å². The highest BCUT2D eigenvalue weighted by Gasteiger charge is 2.44. The van der Waals surface area contributed by atoms with E-state index in [-0.39, 0.29) is 18.3 Å². The number of nitrogens with zero attached hydrogens (tertiary/aromatic N) is 1. The van der Waals surface area contributed by atoms with Gasteiger partial charge in [-0.1, -0.05) is 0 Å². The van der Waals surface area contributed by atoms with Crippen LogP contribution in [0.4, 0.5) is 0 Å². The van der Waals surface area contributed by atoms with Gasteiger partial charge in [0.05, 0.1) is 31.5 Å². The van der Waals surface area contributed by atoms with Crippen LogP contribution in [0.1, 0.15) is 26.2 Å². The summed E-state index contributed by atoms with van der Waals surface area (Å²) in [6, 6.07) is 0.952. The SMILES string of the molecule is CC1COC(CO)CN1C1CCOC2(CCOC2)C1. The average molecular weight is 271 g/mol. The first-order valence-electron chi connectivity index (χ1n) is 7.42. The zero-order chi connectivity index (χ0) is 13.3. The van der Waals surface area contributed by atoms with Gasteiger partial charge in [-0.25, -0.2) is 0 Å². The molecule has 110 valence electrons. The topological polar surface area (TPSA) is 51.2 Å². The normalized spacial score (nSPS) is 44.8. The van der Waals surface area contributed by atoms with Crippen LogP contribution >= 0.6 is 0 Å². The van der Waals surface area contributed by atoms with Crippen molar-refractivity contribution in [3.05, 3.63) is 0 Å². The lowest BCUT2D eigenvalue weighted by Crippen LogP contribution is -2.57. The minimum Gasteiger partial charge on any atom is -0.394 e. The van der Waals surface area contributed by atoms with E-state index in [0.717, 1.165) is 45.6 Å². The molecule has 0 saturated carbocycles. The molecule has 1 spiro atoms. The molecule has 0 amide bonds. The Morgan fingerprint density at radius 2 is 2.26 bits per heavy atom. The fourth-order valence-corrected chi connectivity index (χ4v) is 3.61. The zero-order valence-electron chi connectivity index (χ0n) is 11.7. The maximum atomic E-state index is 9.30. The molecule has 0 radical (unpaired) electrons. The smallest absolute Gasteiger partial charge is 0.0951 e. The van der Waals surface area contributed by atoms with Gasteiger partial charge in [0.15, 0.2) is 0 Å². The predicted molar refractivity (Wildman–Crippen MR) is 70.1 cm³/mol. The number of ether oxygens (including phenoxy) is 3. The molecule has 1 N–H and O–H groups in total. The first-order valence-corrected chi connectivity index (χ1v) is 7.42. The van der Waals surface area contributed by atoms with E-state index in [1.54, 1.807) is 0 Å². The summed E-state index contributed by atoms with van der Waals surface area (Å²) in [7, 11) is 0. The second kappa shape index (κ2) is 5.66. The van der Waals surface area contributed by atoms with Crippen LogP contribution in [-0.2, 0) is 14.2 Å². The van der Waals surface area contributed by atoms with Crippen LogP contribution in [0.5, 0.6) is 0 Å². The number of hydrogen-bond acceptors (Lipinski definition) is 5. The third kappa shape index (κ3) is 2.81. The van der Waals surface area contributed by atoms with E-state index in [0.29, 0.717) is 18.7 Å². The van der Waals surface area contributed by atoms with Gasteiger partial charge >= 0.3 is 0 Å². The molecule has 3 saturated heterocycles. The van der Waals surface area contributed by atoms with Gasteiger partial charge in [0.25, 0.3) is 0 Å². The Morgan fingerprint density at radius 3 is 3.00 bits per heavy atom. The highest BCUT2D eigenvalue weighted by molar-refractivity contribution is 4.95. The molecule has 4 unspecified atom stereocenters.